The van der Waals surface area contributed by atoms with Crippen LogP contribution in [0.1, 0.15) is 24.0 Å². The minimum Gasteiger partial charge on any atom is -0.462 e. The van der Waals surface area contributed by atoms with Crippen molar-refractivity contribution in [1.29, 1.82) is 0 Å². The van der Waals surface area contributed by atoms with E-state index in [4.69, 9.17) is 4.42 Å². The van der Waals surface area contributed by atoms with Gasteiger partial charge in [0.1, 0.15) is 6.33 Å². The van der Waals surface area contributed by atoms with Crippen LogP contribution in [0.15, 0.2) is 71.7 Å². The first-order valence-electron chi connectivity index (χ1n) is 10.4. The number of carbonyl (C=O) groups excluding carboxylic acids is 1. The molecule has 2 aliphatic rings. The van der Waals surface area contributed by atoms with Gasteiger partial charge in [-0.1, -0.05) is 36.4 Å². The Kier molecular flexibility index (Phi) is 3.83. The quantitative estimate of drug-likeness (QED) is 0.558. The average molecular weight is 398 g/mol. The Morgan fingerprint density at radius 1 is 1.03 bits per heavy atom. The summed E-state index contributed by atoms with van der Waals surface area (Å²) < 4.78 is 7.65. The summed E-state index contributed by atoms with van der Waals surface area (Å²) in [6.07, 6.45) is 7.57. The van der Waals surface area contributed by atoms with Gasteiger partial charge in [-0.05, 0) is 49.2 Å². The summed E-state index contributed by atoms with van der Waals surface area (Å²) in [5, 5.41) is 4.49. The summed E-state index contributed by atoms with van der Waals surface area (Å²) in [5.41, 5.74) is 3.77. The van der Waals surface area contributed by atoms with Gasteiger partial charge in [0.25, 0.3) is 0 Å². The number of rotatable bonds is 2. The molecule has 4 heterocycles. The average Bonchev–Trinajstić information content (AvgIpc) is 3.44. The number of furan rings is 1. The third-order valence-electron chi connectivity index (χ3n) is 6.50. The molecule has 6 rings (SSSR count). The minimum atomic E-state index is -0.354. The fourth-order valence-corrected chi connectivity index (χ4v) is 5.15. The smallest absolute Gasteiger partial charge is 0.233 e. The molecule has 1 fully saturated rings. The summed E-state index contributed by atoms with van der Waals surface area (Å²) in [5.74, 6) is 0.803. The second-order valence-corrected chi connectivity index (χ2v) is 8.10. The Balaban J connectivity index is 1.48. The van der Waals surface area contributed by atoms with Crippen LogP contribution in [0, 0.1) is 0 Å². The molecule has 0 unspecified atom stereocenters. The Bertz CT molecular complexity index is 1250. The molecule has 1 N–H and O–H groups in total. The maximum absolute atomic E-state index is 13.4. The molecule has 0 aliphatic carbocycles. The molecular formula is C24H22N4O2. The lowest BCUT2D eigenvalue weighted by molar-refractivity contribution is -0.120. The van der Waals surface area contributed by atoms with Crippen molar-refractivity contribution in [1.82, 2.24) is 14.9 Å². The molecule has 0 radical (unpaired) electrons. The number of carbonyl (C=O) groups is 1. The predicted octanol–water partition coefficient (Wildman–Crippen LogP) is 3.79. The third kappa shape index (κ3) is 2.47. The number of nitrogens with one attached hydrogen (secondary N) is 1. The standard InChI is InChI=1S/C24H22N4O2/c29-22-14-18-4-1-2-6-19(18)24(9-11-25-12-10-24)28(22)21-15-27(16-26-21)20-7-3-5-17-8-13-30-23(17)20/h1-8,13,15-16,25H,9-12,14H2. The van der Waals surface area contributed by atoms with Gasteiger partial charge in [-0.3, -0.25) is 9.69 Å². The molecule has 0 saturated carbocycles. The van der Waals surface area contributed by atoms with Crippen LogP contribution in [-0.2, 0) is 16.8 Å². The van der Waals surface area contributed by atoms with Crippen molar-refractivity contribution in [3.63, 3.8) is 0 Å². The number of nitrogens with zero attached hydrogens (tertiary/aromatic N) is 3. The zero-order valence-corrected chi connectivity index (χ0v) is 16.5. The minimum absolute atomic E-state index is 0.108. The molecule has 4 aromatic rings. The monoisotopic (exact) mass is 398 g/mol. The van der Waals surface area contributed by atoms with Crippen molar-refractivity contribution >= 4 is 22.7 Å². The Morgan fingerprint density at radius 3 is 2.80 bits per heavy atom. The lowest BCUT2D eigenvalue weighted by Crippen LogP contribution is -2.58. The molecule has 6 nitrogen and oxygen atoms in total. The number of hydrogen-bond donors (Lipinski definition) is 1. The van der Waals surface area contributed by atoms with Gasteiger partial charge in [-0.2, -0.15) is 0 Å². The molecule has 150 valence electrons. The van der Waals surface area contributed by atoms with Crippen molar-refractivity contribution in [3.8, 4) is 5.69 Å². The number of benzene rings is 2. The maximum atomic E-state index is 13.4. The van der Waals surface area contributed by atoms with Crippen LogP contribution >= 0.6 is 0 Å². The van der Waals surface area contributed by atoms with E-state index in [0.717, 1.165) is 48.2 Å². The number of imidazole rings is 1. The fraction of sp³-hybridized carbons (Fsp3) is 0.250. The Morgan fingerprint density at radius 2 is 1.90 bits per heavy atom. The molecule has 6 heteroatoms. The second kappa shape index (κ2) is 6.57. The van der Waals surface area contributed by atoms with Crippen LogP contribution in [0.25, 0.3) is 16.7 Å². The molecule has 2 aliphatic heterocycles. The summed E-state index contributed by atoms with van der Waals surface area (Å²) >= 11 is 0. The van der Waals surface area contributed by atoms with Crippen molar-refractivity contribution in [2.75, 3.05) is 18.0 Å². The van der Waals surface area contributed by atoms with E-state index in [2.05, 4.69) is 28.5 Å². The molecule has 0 atom stereocenters. The van der Waals surface area contributed by atoms with Crippen LogP contribution < -0.4 is 10.2 Å². The van der Waals surface area contributed by atoms with E-state index in [1.165, 1.54) is 5.56 Å². The largest absolute Gasteiger partial charge is 0.462 e. The lowest BCUT2D eigenvalue weighted by atomic mass is 9.74. The maximum Gasteiger partial charge on any atom is 0.233 e. The Hall–Kier alpha value is -3.38. The van der Waals surface area contributed by atoms with Gasteiger partial charge in [-0.25, -0.2) is 4.98 Å². The van der Waals surface area contributed by atoms with Gasteiger partial charge in [0, 0.05) is 5.39 Å². The van der Waals surface area contributed by atoms with Crippen LogP contribution in [0.5, 0.6) is 0 Å². The lowest BCUT2D eigenvalue weighted by Gasteiger charge is -2.49. The van der Waals surface area contributed by atoms with E-state index >= 15 is 0 Å². The fourth-order valence-electron chi connectivity index (χ4n) is 5.15. The molecule has 1 amide bonds. The highest BCUT2D eigenvalue weighted by Gasteiger charge is 2.48. The highest BCUT2D eigenvalue weighted by Crippen LogP contribution is 2.44. The number of piperidine rings is 1. The number of aromatic nitrogens is 2. The summed E-state index contributed by atoms with van der Waals surface area (Å²) in [6, 6.07) is 16.3. The number of para-hydroxylation sites is 1. The van der Waals surface area contributed by atoms with E-state index in [-0.39, 0.29) is 11.4 Å². The molecular weight excluding hydrogens is 376 g/mol. The molecule has 2 aromatic carbocycles. The third-order valence-corrected chi connectivity index (χ3v) is 6.50. The highest BCUT2D eigenvalue weighted by molar-refractivity contribution is 5.98. The number of amides is 1. The van der Waals surface area contributed by atoms with Crippen LogP contribution in [-0.4, -0.2) is 28.5 Å². The molecule has 1 spiro atoms. The van der Waals surface area contributed by atoms with E-state index in [1.54, 1.807) is 12.6 Å². The van der Waals surface area contributed by atoms with Crippen LogP contribution in [0.4, 0.5) is 5.82 Å². The van der Waals surface area contributed by atoms with E-state index < -0.39 is 0 Å². The van der Waals surface area contributed by atoms with Gasteiger partial charge in [0.2, 0.25) is 5.91 Å². The van der Waals surface area contributed by atoms with Crippen molar-refractivity contribution in [2.24, 2.45) is 0 Å². The van der Waals surface area contributed by atoms with Gasteiger partial charge >= 0.3 is 0 Å². The van der Waals surface area contributed by atoms with Gasteiger partial charge in [0.05, 0.1) is 30.1 Å². The van der Waals surface area contributed by atoms with Crippen LogP contribution in [0.2, 0.25) is 0 Å². The van der Waals surface area contributed by atoms with E-state index in [0.29, 0.717) is 12.2 Å². The van der Waals surface area contributed by atoms with Gasteiger partial charge in [0.15, 0.2) is 11.4 Å². The summed E-state index contributed by atoms with van der Waals surface area (Å²) in [4.78, 5) is 20.0. The number of hydrogen-bond acceptors (Lipinski definition) is 4. The van der Waals surface area contributed by atoms with Crippen LogP contribution in [0.3, 0.4) is 0 Å². The first kappa shape index (κ1) is 17.5. The second-order valence-electron chi connectivity index (χ2n) is 8.10. The first-order chi connectivity index (χ1) is 14.8. The summed E-state index contributed by atoms with van der Waals surface area (Å²) in [7, 11) is 0. The molecule has 1 saturated heterocycles. The number of anilines is 1. The van der Waals surface area contributed by atoms with Crippen molar-refractivity contribution < 1.29 is 9.21 Å². The van der Waals surface area contributed by atoms with Crippen molar-refractivity contribution in [3.05, 3.63) is 78.4 Å². The molecule has 2 aromatic heterocycles. The first-order valence-corrected chi connectivity index (χ1v) is 10.4. The van der Waals surface area contributed by atoms with E-state index in [9.17, 15) is 4.79 Å². The summed E-state index contributed by atoms with van der Waals surface area (Å²) in [6.45, 7) is 1.76. The number of fused-ring (bicyclic) bond motifs is 3. The molecule has 30 heavy (non-hydrogen) atoms. The van der Waals surface area contributed by atoms with E-state index in [1.807, 2.05) is 46.0 Å². The molecule has 0 bridgehead atoms. The van der Waals surface area contributed by atoms with Gasteiger partial charge < -0.3 is 14.3 Å². The zero-order valence-electron chi connectivity index (χ0n) is 16.5. The zero-order chi connectivity index (χ0) is 20.1. The highest BCUT2D eigenvalue weighted by atomic mass is 16.3. The SMILES string of the molecule is O=C1Cc2ccccc2C2(CCNCC2)N1c1cn(-c2cccc3ccoc23)cn1. The normalized spacial score (nSPS) is 18.1. The topological polar surface area (TPSA) is 63.3 Å². The predicted molar refractivity (Wildman–Crippen MR) is 115 cm³/mol. The van der Waals surface area contributed by atoms with Crippen molar-refractivity contribution in [2.45, 2.75) is 24.8 Å². The van der Waals surface area contributed by atoms with Gasteiger partial charge in [-0.15, -0.1) is 0 Å². The Labute approximate surface area is 174 Å².